The van der Waals surface area contributed by atoms with E-state index in [1.807, 2.05) is 36.4 Å². The van der Waals surface area contributed by atoms with Crippen molar-refractivity contribution in [3.05, 3.63) is 90.0 Å². The summed E-state index contributed by atoms with van der Waals surface area (Å²) in [7, 11) is -4.01. The number of hydrogen-bond acceptors (Lipinski definition) is 7. The van der Waals surface area contributed by atoms with Crippen molar-refractivity contribution in [2.75, 3.05) is 50.7 Å². The van der Waals surface area contributed by atoms with E-state index in [-0.39, 0.29) is 22.8 Å². The first-order valence-corrected chi connectivity index (χ1v) is 15.8. The van der Waals surface area contributed by atoms with Gasteiger partial charge in [0.05, 0.1) is 29.4 Å². The lowest BCUT2D eigenvalue weighted by molar-refractivity contribution is 0.0527. The highest BCUT2D eigenvalue weighted by molar-refractivity contribution is 7.92. The highest BCUT2D eigenvalue weighted by Gasteiger charge is 2.21. The van der Waals surface area contributed by atoms with Gasteiger partial charge in [0, 0.05) is 32.7 Å². The lowest BCUT2D eigenvalue weighted by atomic mass is 9.94. The molecule has 1 fully saturated rings. The highest BCUT2D eigenvalue weighted by atomic mass is 32.2. The van der Waals surface area contributed by atoms with E-state index in [0.29, 0.717) is 12.4 Å². The lowest BCUT2D eigenvalue weighted by Crippen LogP contribution is -2.43. The number of aryl methyl sites for hydroxylation is 1. The Hall–Kier alpha value is -3.92. The zero-order chi connectivity index (χ0) is 29.5. The van der Waals surface area contributed by atoms with Gasteiger partial charge in [-0.25, -0.2) is 13.2 Å². The molecule has 1 heterocycles. The second kappa shape index (κ2) is 13.4. The molecule has 0 bridgehead atoms. The molecule has 0 spiro atoms. The number of benzene rings is 4. The zero-order valence-electron chi connectivity index (χ0n) is 24.1. The molecule has 2 N–H and O–H groups in total. The smallest absolute Gasteiger partial charge is 0.340 e. The molecule has 1 aliphatic heterocycles. The monoisotopic (exact) mass is 587 g/mol. The first-order chi connectivity index (χ1) is 20.4. The van der Waals surface area contributed by atoms with Gasteiger partial charge in [0.25, 0.3) is 10.0 Å². The number of nitrogens with one attached hydrogen (secondary N) is 2. The number of esters is 1. The Kier molecular flexibility index (Phi) is 9.41. The van der Waals surface area contributed by atoms with Gasteiger partial charge < -0.3 is 19.7 Å². The Labute approximate surface area is 247 Å². The third kappa shape index (κ3) is 6.92. The molecule has 4 aromatic rings. The topological polar surface area (TPSA) is 97.0 Å². The fraction of sp³-hybridized carbons (Fsp3) is 0.303. The number of rotatable bonds is 11. The average Bonchev–Trinajstić information content (AvgIpc) is 3.00. The molecule has 0 unspecified atom stereocenters. The maximum Gasteiger partial charge on any atom is 0.340 e. The largest absolute Gasteiger partial charge is 0.494 e. The summed E-state index contributed by atoms with van der Waals surface area (Å²) in [5, 5.41) is 5.50. The minimum Gasteiger partial charge on any atom is -0.494 e. The highest BCUT2D eigenvalue weighted by Crippen LogP contribution is 2.34. The van der Waals surface area contributed by atoms with Crippen LogP contribution in [0.25, 0.3) is 21.9 Å². The van der Waals surface area contributed by atoms with Crippen LogP contribution in [-0.4, -0.2) is 65.2 Å². The first kappa shape index (κ1) is 29.6. The molecular weight excluding hydrogens is 550 g/mol. The van der Waals surface area contributed by atoms with Gasteiger partial charge in [0.2, 0.25) is 0 Å². The van der Waals surface area contributed by atoms with E-state index in [2.05, 4.69) is 27.9 Å². The van der Waals surface area contributed by atoms with Crippen molar-refractivity contribution in [1.29, 1.82) is 0 Å². The minimum atomic E-state index is -4.01. The quantitative estimate of drug-likeness (QED) is 0.178. The van der Waals surface area contributed by atoms with E-state index in [1.165, 1.54) is 12.1 Å². The molecule has 9 heteroatoms. The molecule has 4 aromatic carbocycles. The second-order valence-corrected chi connectivity index (χ2v) is 12.0. The Balaban J connectivity index is 1.35. The van der Waals surface area contributed by atoms with Gasteiger partial charge in [0.15, 0.2) is 0 Å². The molecule has 0 radical (unpaired) electrons. The number of nitrogens with zero attached hydrogens (tertiary/aromatic N) is 1. The molecule has 1 aliphatic rings. The minimum absolute atomic E-state index is 0.0664. The summed E-state index contributed by atoms with van der Waals surface area (Å²) in [5.41, 5.74) is 3.16. The number of piperazine rings is 1. The molecule has 8 nitrogen and oxygen atoms in total. The van der Waals surface area contributed by atoms with Crippen LogP contribution in [0, 0.1) is 6.92 Å². The molecule has 0 atom stereocenters. The van der Waals surface area contributed by atoms with Gasteiger partial charge in [-0.1, -0.05) is 42.5 Å². The van der Waals surface area contributed by atoms with Crippen LogP contribution in [-0.2, 0) is 14.8 Å². The predicted molar refractivity (Wildman–Crippen MR) is 167 cm³/mol. The van der Waals surface area contributed by atoms with Crippen LogP contribution in [0.4, 0.5) is 5.69 Å². The third-order valence-electron chi connectivity index (χ3n) is 7.44. The molecule has 5 rings (SSSR count). The standard InChI is InChI=1S/C33H37N3O5S/c1-3-40-33(37)31-16-10-25(29-15-9-24(2)28-7-4-5-8-30(28)29)23-32(31)35-42(38,39)27-13-11-26(12-14-27)41-22-6-19-36-20-17-34-18-21-36/h4-5,7-16,23,34-35H,3,6,17-22H2,1-2H3. The summed E-state index contributed by atoms with van der Waals surface area (Å²) in [4.78, 5) is 15.3. The van der Waals surface area contributed by atoms with Gasteiger partial charge in [-0.15, -0.1) is 0 Å². The van der Waals surface area contributed by atoms with Gasteiger partial charge in [-0.05, 0) is 84.1 Å². The Morgan fingerprint density at radius 2 is 1.69 bits per heavy atom. The van der Waals surface area contributed by atoms with E-state index in [4.69, 9.17) is 9.47 Å². The summed E-state index contributed by atoms with van der Waals surface area (Å²) in [5.74, 6) is 0.00907. The zero-order valence-corrected chi connectivity index (χ0v) is 24.9. The van der Waals surface area contributed by atoms with E-state index in [0.717, 1.165) is 66.6 Å². The Bertz CT molecular complexity index is 1650. The van der Waals surface area contributed by atoms with Crippen molar-refractivity contribution in [3.8, 4) is 16.9 Å². The van der Waals surface area contributed by atoms with E-state index < -0.39 is 16.0 Å². The molecule has 1 saturated heterocycles. The van der Waals surface area contributed by atoms with Crippen molar-refractivity contribution < 1.29 is 22.7 Å². The van der Waals surface area contributed by atoms with Crippen molar-refractivity contribution in [3.63, 3.8) is 0 Å². The number of carbonyl (C=O) groups excluding carboxylic acids is 1. The normalized spacial score (nSPS) is 14.0. The van der Waals surface area contributed by atoms with Crippen LogP contribution in [0.1, 0.15) is 29.3 Å². The maximum absolute atomic E-state index is 13.5. The molecule has 0 amide bonds. The summed E-state index contributed by atoms with van der Waals surface area (Å²) in [6.07, 6.45) is 0.894. The number of anilines is 1. The fourth-order valence-electron chi connectivity index (χ4n) is 5.22. The summed E-state index contributed by atoms with van der Waals surface area (Å²) < 4.78 is 40.7. The molecule has 0 saturated carbocycles. The van der Waals surface area contributed by atoms with E-state index in [1.54, 1.807) is 31.2 Å². The van der Waals surface area contributed by atoms with Crippen molar-refractivity contribution >= 4 is 32.5 Å². The van der Waals surface area contributed by atoms with Crippen molar-refractivity contribution in [1.82, 2.24) is 10.2 Å². The summed E-state index contributed by atoms with van der Waals surface area (Å²) in [6, 6.07) is 23.6. The van der Waals surface area contributed by atoms with Crippen LogP contribution in [0.2, 0.25) is 0 Å². The molecular formula is C33H37N3O5S. The van der Waals surface area contributed by atoms with Crippen molar-refractivity contribution in [2.45, 2.75) is 25.2 Å². The van der Waals surface area contributed by atoms with Crippen LogP contribution in [0.3, 0.4) is 0 Å². The van der Waals surface area contributed by atoms with Gasteiger partial charge in [0.1, 0.15) is 5.75 Å². The lowest BCUT2D eigenvalue weighted by Gasteiger charge is -2.26. The molecule has 0 aliphatic carbocycles. The Morgan fingerprint density at radius 1 is 0.952 bits per heavy atom. The van der Waals surface area contributed by atoms with Gasteiger partial charge >= 0.3 is 5.97 Å². The van der Waals surface area contributed by atoms with Gasteiger partial charge in [-0.3, -0.25) is 4.72 Å². The second-order valence-electron chi connectivity index (χ2n) is 10.3. The van der Waals surface area contributed by atoms with Crippen LogP contribution in [0.5, 0.6) is 5.75 Å². The van der Waals surface area contributed by atoms with Crippen LogP contribution < -0.4 is 14.8 Å². The number of sulfonamides is 1. The number of ether oxygens (including phenoxy) is 2. The summed E-state index contributed by atoms with van der Waals surface area (Å²) in [6.45, 7) is 9.58. The molecule has 0 aromatic heterocycles. The number of fused-ring (bicyclic) bond motifs is 1. The SMILES string of the molecule is CCOC(=O)c1ccc(-c2ccc(C)c3ccccc23)cc1NS(=O)(=O)c1ccc(OCCCN2CCNCC2)cc1. The molecule has 220 valence electrons. The maximum atomic E-state index is 13.5. The van der Waals surface area contributed by atoms with Crippen LogP contribution in [0.15, 0.2) is 83.8 Å². The molecule has 42 heavy (non-hydrogen) atoms. The average molecular weight is 588 g/mol. The Morgan fingerprint density at radius 3 is 2.43 bits per heavy atom. The third-order valence-corrected chi connectivity index (χ3v) is 8.82. The number of carbonyl (C=O) groups is 1. The predicted octanol–water partition coefficient (Wildman–Crippen LogP) is 5.47. The first-order valence-electron chi connectivity index (χ1n) is 14.3. The fourth-order valence-corrected chi connectivity index (χ4v) is 6.29. The van der Waals surface area contributed by atoms with Gasteiger partial charge in [-0.2, -0.15) is 0 Å². The van der Waals surface area contributed by atoms with E-state index >= 15 is 0 Å². The number of hydrogen-bond donors (Lipinski definition) is 2. The van der Waals surface area contributed by atoms with Crippen LogP contribution >= 0.6 is 0 Å². The summed E-state index contributed by atoms with van der Waals surface area (Å²) >= 11 is 0. The van der Waals surface area contributed by atoms with Crippen molar-refractivity contribution in [2.24, 2.45) is 0 Å². The van der Waals surface area contributed by atoms with E-state index in [9.17, 15) is 13.2 Å².